The Kier molecular flexibility index (Phi) is 5.15. The van der Waals surface area contributed by atoms with E-state index in [1.807, 2.05) is 0 Å². The highest BCUT2D eigenvalue weighted by atomic mass is 32.1. The predicted octanol–water partition coefficient (Wildman–Crippen LogP) is 0.791. The molecule has 132 valence electrons. The molecule has 1 aromatic carbocycles. The Morgan fingerprint density at radius 1 is 1.32 bits per heavy atom. The zero-order valence-corrected chi connectivity index (χ0v) is 14.1. The summed E-state index contributed by atoms with van der Waals surface area (Å²) in [6, 6.07) is 6.23. The second kappa shape index (κ2) is 7.49. The number of nitrogens with zero attached hydrogens (tertiary/aromatic N) is 1. The number of hydrogen-bond acceptors (Lipinski definition) is 7. The van der Waals surface area contributed by atoms with E-state index in [0.29, 0.717) is 36.5 Å². The third-order valence-electron chi connectivity index (χ3n) is 3.88. The molecule has 2 heterocycles. The molecule has 1 aliphatic heterocycles. The Balaban J connectivity index is 1.67. The lowest BCUT2D eigenvalue weighted by atomic mass is 10.1. The molecule has 0 saturated carbocycles. The highest BCUT2D eigenvalue weighted by molar-refractivity contribution is 7.04. The van der Waals surface area contributed by atoms with Crippen molar-refractivity contribution < 1.29 is 19.1 Å². The number of benzene rings is 1. The number of nitrogens with two attached hydrogens (primary N) is 2. The molecule has 2 aromatic rings. The van der Waals surface area contributed by atoms with Crippen LogP contribution in [0.2, 0.25) is 0 Å². The number of rotatable bonds is 5. The van der Waals surface area contributed by atoms with Gasteiger partial charge in [-0.1, -0.05) is 0 Å². The molecule has 0 bridgehead atoms. The van der Waals surface area contributed by atoms with Gasteiger partial charge < -0.3 is 26.3 Å². The lowest BCUT2D eigenvalue weighted by molar-refractivity contribution is -0.00287. The fraction of sp³-hybridized carbons (Fsp3) is 0.312. The van der Waals surface area contributed by atoms with Crippen LogP contribution in [0.1, 0.15) is 27.1 Å². The van der Waals surface area contributed by atoms with E-state index >= 15 is 0 Å². The van der Waals surface area contributed by atoms with Crippen LogP contribution in [0.4, 0.5) is 5.82 Å². The molecule has 2 atom stereocenters. The minimum Gasteiger partial charge on any atom is -0.488 e. The fourth-order valence-electron chi connectivity index (χ4n) is 2.53. The van der Waals surface area contributed by atoms with Gasteiger partial charge in [0, 0.05) is 17.4 Å². The molecule has 9 heteroatoms. The third kappa shape index (κ3) is 4.06. The predicted molar refractivity (Wildman–Crippen MR) is 92.6 cm³/mol. The molecular weight excluding hydrogens is 344 g/mol. The molecular formula is C16H18N4O4S. The van der Waals surface area contributed by atoms with E-state index < -0.39 is 5.91 Å². The minimum absolute atomic E-state index is 0.207. The summed E-state index contributed by atoms with van der Waals surface area (Å²) in [6.07, 6.45) is 0.366. The highest BCUT2D eigenvalue weighted by Gasteiger charge is 2.30. The van der Waals surface area contributed by atoms with Crippen molar-refractivity contribution in [3.05, 3.63) is 40.8 Å². The summed E-state index contributed by atoms with van der Waals surface area (Å²) in [5, 5.41) is 4.49. The summed E-state index contributed by atoms with van der Waals surface area (Å²) in [5.74, 6) is -0.00394. The molecule has 1 aromatic heterocycles. The van der Waals surface area contributed by atoms with E-state index in [2.05, 4.69) is 9.69 Å². The van der Waals surface area contributed by atoms with E-state index in [1.54, 1.807) is 29.6 Å². The summed E-state index contributed by atoms with van der Waals surface area (Å²) in [4.78, 5) is 23.4. The van der Waals surface area contributed by atoms with E-state index in [9.17, 15) is 9.59 Å². The van der Waals surface area contributed by atoms with Crippen LogP contribution in [0.5, 0.6) is 5.75 Å². The fourth-order valence-corrected chi connectivity index (χ4v) is 3.13. The molecule has 1 fully saturated rings. The van der Waals surface area contributed by atoms with Gasteiger partial charge in [0.25, 0.3) is 5.91 Å². The molecule has 25 heavy (non-hydrogen) atoms. The maximum absolute atomic E-state index is 12.3. The van der Waals surface area contributed by atoms with Crippen LogP contribution in [0, 0.1) is 0 Å². The van der Waals surface area contributed by atoms with Gasteiger partial charge in [-0.25, -0.2) is 0 Å². The summed E-state index contributed by atoms with van der Waals surface area (Å²) >= 11 is 1.13. The van der Waals surface area contributed by atoms with Gasteiger partial charge in [-0.2, -0.15) is 4.37 Å². The van der Waals surface area contributed by atoms with Crippen molar-refractivity contribution in [3.8, 4) is 5.75 Å². The number of nitrogen functional groups attached to an aromatic ring is 1. The highest BCUT2D eigenvalue weighted by Crippen LogP contribution is 2.20. The molecule has 3 rings (SSSR count). The minimum atomic E-state index is -0.496. The van der Waals surface area contributed by atoms with Crippen molar-refractivity contribution in [1.82, 2.24) is 9.69 Å². The van der Waals surface area contributed by atoms with Gasteiger partial charge in [-0.3, -0.25) is 9.59 Å². The molecule has 5 N–H and O–H groups in total. The van der Waals surface area contributed by atoms with E-state index in [1.165, 1.54) is 0 Å². The van der Waals surface area contributed by atoms with Crippen molar-refractivity contribution >= 4 is 29.2 Å². The van der Waals surface area contributed by atoms with Gasteiger partial charge in [0.15, 0.2) is 0 Å². The SMILES string of the molecule is NC(=O)c1ccc(O[C@@H]2CCOC[C@H]2NC(=O)c2csnc2N)cc1. The maximum atomic E-state index is 12.3. The quantitative estimate of drug-likeness (QED) is 0.721. The Hall–Kier alpha value is -2.65. The number of ether oxygens (including phenoxy) is 2. The Morgan fingerprint density at radius 2 is 2.08 bits per heavy atom. The first-order chi connectivity index (χ1) is 12.0. The number of anilines is 1. The third-order valence-corrected chi connectivity index (χ3v) is 4.52. The first kappa shape index (κ1) is 17.2. The van der Waals surface area contributed by atoms with Crippen molar-refractivity contribution in [2.75, 3.05) is 18.9 Å². The number of hydrogen-bond donors (Lipinski definition) is 3. The Morgan fingerprint density at radius 3 is 2.72 bits per heavy atom. The second-order valence-electron chi connectivity index (χ2n) is 5.60. The zero-order valence-electron chi connectivity index (χ0n) is 13.3. The van der Waals surface area contributed by atoms with E-state index in [0.717, 1.165) is 11.5 Å². The Labute approximate surface area is 148 Å². The number of primary amides is 1. The van der Waals surface area contributed by atoms with E-state index in [-0.39, 0.29) is 23.9 Å². The topological polar surface area (TPSA) is 130 Å². The standard InChI is InChI=1S/C16H18N4O4S/c17-14-11(8-25-20-14)16(22)19-12-7-23-6-5-13(12)24-10-3-1-9(2-4-10)15(18)21/h1-4,8,12-13H,5-7H2,(H2,17,20)(H2,18,21)(H,19,22)/t12-,13-/m1/s1. The number of amides is 2. The van der Waals surface area contributed by atoms with Gasteiger partial charge in [0.05, 0.1) is 24.8 Å². The van der Waals surface area contributed by atoms with Crippen molar-refractivity contribution in [3.63, 3.8) is 0 Å². The van der Waals surface area contributed by atoms with Gasteiger partial charge in [-0.05, 0) is 35.8 Å². The van der Waals surface area contributed by atoms with Crippen molar-refractivity contribution in [2.24, 2.45) is 5.73 Å². The lowest BCUT2D eigenvalue weighted by Crippen LogP contribution is -2.51. The molecule has 0 spiro atoms. The molecule has 1 saturated heterocycles. The van der Waals surface area contributed by atoms with Crippen molar-refractivity contribution in [1.29, 1.82) is 0 Å². The first-order valence-corrected chi connectivity index (χ1v) is 8.53. The average Bonchev–Trinajstić information content (AvgIpc) is 3.03. The van der Waals surface area contributed by atoms with Gasteiger partial charge in [-0.15, -0.1) is 0 Å². The van der Waals surface area contributed by atoms with Crippen LogP contribution in [0.15, 0.2) is 29.6 Å². The molecule has 0 unspecified atom stereocenters. The average molecular weight is 362 g/mol. The van der Waals surface area contributed by atoms with E-state index in [4.69, 9.17) is 20.9 Å². The summed E-state index contributed by atoms with van der Waals surface area (Å²) < 4.78 is 15.3. The molecule has 0 aliphatic carbocycles. The number of nitrogens with one attached hydrogen (secondary N) is 1. The Bertz CT molecular complexity index is 762. The molecule has 0 radical (unpaired) electrons. The molecule has 1 aliphatic rings. The van der Waals surface area contributed by atoms with Crippen molar-refractivity contribution in [2.45, 2.75) is 18.6 Å². The van der Waals surface area contributed by atoms with Crippen LogP contribution in [-0.4, -0.2) is 41.5 Å². The van der Waals surface area contributed by atoms with Crippen LogP contribution >= 0.6 is 11.5 Å². The van der Waals surface area contributed by atoms with Crippen LogP contribution in [-0.2, 0) is 4.74 Å². The molecule has 8 nitrogen and oxygen atoms in total. The van der Waals surface area contributed by atoms with Crippen LogP contribution < -0.4 is 21.5 Å². The van der Waals surface area contributed by atoms with Crippen LogP contribution in [0.3, 0.4) is 0 Å². The maximum Gasteiger partial charge on any atom is 0.256 e. The lowest BCUT2D eigenvalue weighted by Gasteiger charge is -2.32. The number of carbonyl (C=O) groups excluding carboxylic acids is 2. The van der Waals surface area contributed by atoms with Gasteiger partial charge in [0.1, 0.15) is 17.7 Å². The molecule has 2 amide bonds. The monoisotopic (exact) mass is 362 g/mol. The normalized spacial score (nSPS) is 20.0. The summed E-state index contributed by atoms with van der Waals surface area (Å²) in [5.41, 5.74) is 11.7. The first-order valence-electron chi connectivity index (χ1n) is 7.69. The zero-order chi connectivity index (χ0) is 17.8. The number of carbonyl (C=O) groups is 2. The summed E-state index contributed by atoms with van der Waals surface area (Å²) in [6.45, 7) is 0.881. The number of aromatic nitrogens is 1. The summed E-state index contributed by atoms with van der Waals surface area (Å²) in [7, 11) is 0. The van der Waals surface area contributed by atoms with Gasteiger partial charge >= 0.3 is 0 Å². The largest absolute Gasteiger partial charge is 0.488 e. The van der Waals surface area contributed by atoms with Crippen LogP contribution in [0.25, 0.3) is 0 Å². The van der Waals surface area contributed by atoms with Gasteiger partial charge in [0.2, 0.25) is 5.91 Å². The second-order valence-corrected chi connectivity index (χ2v) is 6.23. The smallest absolute Gasteiger partial charge is 0.256 e.